The van der Waals surface area contributed by atoms with Crippen molar-refractivity contribution in [3.63, 3.8) is 0 Å². The summed E-state index contributed by atoms with van der Waals surface area (Å²) in [6.07, 6.45) is 1.06. The molecular formula is C14H18Br2N2O. The van der Waals surface area contributed by atoms with Gasteiger partial charge in [0.05, 0.1) is 11.0 Å². The highest BCUT2D eigenvalue weighted by Crippen LogP contribution is 2.36. The lowest BCUT2D eigenvalue weighted by molar-refractivity contribution is 0.583. The molecule has 19 heavy (non-hydrogen) atoms. The average Bonchev–Trinajstić information content (AvgIpc) is 2.53. The number of hydrogen-bond donors (Lipinski definition) is 0. The van der Waals surface area contributed by atoms with Crippen molar-refractivity contribution in [1.29, 1.82) is 0 Å². The van der Waals surface area contributed by atoms with Crippen molar-refractivity contribution < 1.29 is 0 Å². The predicted octanol–water partition coefficient (Wildman–Crippen LogP) is 4.12. The Hall–Kier alpha value is -0.550. The zero-order chi connectivity index (χ0) is 14.3. The van der Waals surface area contributed by atoms with Gasteiger partial charge < -0.3 is 0 Å². The van der Waals surface area contributed by atoms with Crippen LogP contribution in [0.15, 0.2) is 21.4 Å². The molecule has 1 unspecified atom stereocenters. The minimum Gasteiger partial charge on any atom is -0.295 e. The molecule has 0 aliphatic rings. The molecule has 2 aromatic rings. The summed E-state index contributed by atoms with van der Waals surface area (Å²) < 4.78 is 4.42. The van der Waals surface area contributed by atoms with E-state index in [-0.39, 0.29) is 5.69 Å². The number of aryl methyl sites for hydroxylation is 2. The van der Waals surface area contributed by atoms with Gasteiger partial charge in [-0.2, -0.15) is 0 Å². The Kier molecular flexibility index (Phi) is 4.26. The molecule has 104 valence electrons. The fourth-order valence-corrected chi connectivity index (χ4v) is 4.36. The molecule has 1 aromatic heterocycles. The molecule has 0 N–H and O–H groups in total. The lowest BCUT2D eigenvalue weighted by Gasteiger charge is -2.15. The maximum atomic E-state index is 12.0. The molecule has 0 saturated heterocycles. The number of rotatable bonds is 3. The molecule has 0 fully saturated rings. The number of hydrogen-bond acceptors (Lipinski definition) is 1. The summed E-state index contributed by atoms with van der Waals surface area (Å²) in [6, 6.07) is 4.13. The third kappa shape index (κ3) is 2.68. The Morgan fingerprint density at radius 2 is 1.68 bits per heavy atom. The maximum Gasteiger partial charge on any atom is 0.328 e. The monoisotopic (exact) mass is 388 g/mol. The van der Waals surface area contributed by atoms with Crippen LogP contribution in [-0.4, -0.2) is 9.13 Å². The Labute approximate surface area is 129 Å². The van der Waals surface area contributed by atoms with Crippen LogP contribution in [0, 0.1) is 5.92 Å². The van der Waals surface area contributed by atoms with E-state index in [0.29, 0.717) is 10.7 Å². The van der Waals surface area contributed by atoms with E-state index >= 15 is 0 Å². The van der Waals surface area contributed by atoms with Crippen LogP contribution in [0.4, 0.5) is 0 Å². The van der Waals surface area contributed by atoms with Crippen LogP contribution in [0.3, 0.4) is 0 Å². The first-order valence-corrected chi connectivity index (χ1v) is 8.02. The summed E-state index contributed by atoms with van der Waals surface area (Å²) in [7, 11) is 3.62. The fourth-order valence-electron chi connectivity index (χ4n) is 2.32. The molecule has 1 aromatic carbocycles. The smallest absolute Gasteiger partial charge is 0.295 e. The van der Waals surface area contributed by atoms with Gasteiger partial charge in [-0.15, -0.1) is 0 Å². The van der Waals surface area contributed by atoms with Crippen molar-refractivity contribution in [2.45, 2.75) is 25.1 Å². The van der Waals surface area contributed by atoms with Crippen LogP contribution >= 0.6 is 31.9 Å². The first-order valence-electron chi connectivity index (χ1n) is 6.31. The minimum absolute atomic E-state index is 0.00836. The van der Waals surface area contributed by atoms with Crippen molar-refractivity contribution in [2.24, 2.45) is 20.0 Å². The van der Waals surface area contributed by atoms with Gasteiger partial charge in [-0.25, -0.2) is 4.79 Å². The second kappa shape index (κ2) is 5.44. The Morgan fingerprint density at radius 3 is 2.21 bits per heavy atom. The molecule has 1 atom stereocenters. The minimum atomic E-state index is 0.00836. The zero-order valence-electron chi connectivity index (χ0n) is 11.6. The second-order valence-corrected chi connectivity index (χ2v) is 7.32. The van der Waals surface area contributed by atoms with Gasteiger partial charge in [0.15, 0.2) is 0 Å². The van der Waals surface area contributed by atoms with Crippen LogP contribution in [0.5, 0.6) is 0 Å². The van der Waals surface area contributed by atoms with E-state index < -0.39 is 0 Å². The maximum absolute atomic E-state index is 12.0. The number of fused-ring (bicyclic) bond motifs is 1. The molecule has 2 rings (SSSR count). The van der Waals surface area contributed by atoms with Crippen molar-refractivity contribution in [2.75, 3.05) is 0 Å². The molecule has 0 radical (unpaired) electrons. The van der Waals surface area contributed by atoms with Crippen molar-refractivity contribution >= 4 is 42.9 Å². The Balaban J connectivity index is 2.62. The van der Waals surface area contributed by atoms with E-state index in [0.717, 1.165) is 21.9 Å². The molecule has 5 heteroatoms. The molecular weight excluding hydrogens is 372 g/mol. The van der Waals surface area contributed by atoms with Gasteiger partial charge >= 0.3 is 5.69 Å². The molecule has 0 amide bonds. The van der Waals surface area contributed by atoms with E-state index in [2.05, 4.69) is 51.8 Å². The summed E-state index contributed by atoms with van der Waals surface area (Å²) in [6.45, 7) is 4.41. The van der Waals surface area contributed by atoms with E-state index in [1.54, 1.807) is 16.2 Å². The van der Waals surface area contributed by atoms with Gasteiger partial charge in [-0.3, -0.25) is 9.13 Å². The van der Waals surface area contributed by atoms with E-state index in [9.17, 15) is 4.79 Å². The number of imidazole rings is 1. The first kappa shape index (κ1) is 14.9. The molecule has 0 spiro atoms. The Morgan fingerprint density at radius 1 is 1.16 bits per heavy atom. The van der Waals surface area contributed by atoms with E-state index in [1.165, 1.54) is 5.56 Å². The predicted molar refractivity (Wildman–Crippen MR) is 87.0 cm³/mol. The molecule has 0 aliphatic carbocycles. The van der Waals surface area contributed by atoms with Gasteiger partial charge in [-0.05, 0) is 30.0 Å². The standard InChI is InChI=1S/C14H18Br2N2O/c1-8(2)5-10(15)9-6-12-13(7-11(9)16)18(4)14(19)17(12)3/h6-8,10H,5H2,1-4H3. The molecule has 1 heterocycles. The van der Waals surface area contributed by atoms with Crippen LogP contribution < -0.4 is 5.69 Å². The number of nitrogens with zero attached hydrogens (tertiary/aromatic N) is 2. The first-order chi connectivity index (χ1) is 8.82. The molecule has 3 nitrogen and oxygen atoms in total. The number of aromatic nitrogens is 2. The highest BCUT2D eigenvalue weighted by Gasteiger charge is 2.17. The Bertz CT molecular complexity index is 670. The normalized spacial score (nSPS) is 13.4. The van der Waals surface area contributed by atoms with Crippen LogP contribution in [0.1, 0.15) is 30.7 Å². The topological polar surface area (TPSA) is 26.9 Å². The third-order valence-electron chi connectivity index (χ3n) is 3.41. The van der Waals surface area contributed by atoms with Gasteiger partial charge in [-0.1, -0.05) is 45.7 Å². The van der Waals surface area contributed by atoms with Crippen LogP contribution in [0.2, 0.25) is 0 Å². The van der Waals surface area contributed by atoms with Gasteiger partial charge in [0.1, 0.15) is 0 Å². The second-order valence-electron chi connectivity index (χ2n) is 5.36. The summed E-state index contributed by atoms with van der Waals surface area (Å²) in [5.74, 6) is 0.617. The number of halogens is 2. The van der Waals surface area contributed by atoms with E-state index in [1.807, 2.05) is 13.1 Å². The van der Waals surface area contributed by atoms with Crippen molar-refractivity contribution in [1.82, 2.24) is 9.13 Å². The van der Waals surface area contributed by atoms with Crippen LogP contribution in [-0.2, 0) is 14.1 Å². The lowest BCUT2D eigenvalue weighted by Crippen LogP contribution is -2.19. The molecule has 0 saturated carbocycles. The lowest BCUT2D eigenvalue weighted by atomic mass is 10.0. The van der Waals surface area contributed by atoms with Gasteiger partial charge in [0, 0.05) is 23.4 Å². The number of alkyl halides is 1. The molecule has 0 bridgehead atoms. The average molecular weight is 390 g/mol. The third-order valence-corrected chi connectivity index (χ3v) is 4.96. The van der Waals surface area contributed by atoms with Crippen molar-refractivity contribution in [3.8, 4) is 0 Å². The SMILES string of the molecule is CC(C)CC(Br)c1cc2c(cc1Br)n(C)c(=O)n2C. The van der Waals surface area contributed by atoms with E-state index in [4.69, 9.17) is 0 Å². The highest BCUT2D eigenvalue weighted by atomic mass is 79.9. The summed E-state index contributed by atoms with van der Waals surface area (Å²) in [4.78, 5) is 12.3. The molecule has 0 aliphatic heterocycles. The van der Waals surface area contributed by atoms with Crippen LogP contribution in [0.25, 0.3) is 11.0 Å². The zero-order valence-corrected chi connectivity index (χ0v) is 14.7. The largest absolute Gasteiger partial charge is 0.328 e. The highest BCUT2D eigenvalue weighted by molar-refractivity contribution is 9.11. The number of benzene rings is 1. The quantitative estimate of drug-likeness (QED) is 0.725. The van der Waals surface area contributed by atoms with Gasteiger partial charge in [0.25, 0.3) is 0 Å². The fraction of sp³-hybridized carbons (Fsp3) is 0.500. The van der Waals surface area contributed by atoms with Gasteiger partial charge in [0.2, 0.25) is 0 Å². The van der Waals surface area contributed by atoms with Crippen molar-refractivity contribution in [3.05, 3.63) is 32.7 Å². The summed E-state index contributed by atoms with van der Waals surface area (Å²) in [5.41, 5.74) is 3.13. The summed E-state index contributed by atoms with van der Waals surface area (Å²) in [5, 5.41) is 0. The summed E-state index contributed by atoms with van der Waals surface area (Å²) >= 11 is 7.37.